The summed E-state index contributed by atoms with van der Waals surface area (Å²) < 4.78 is 8.04. The number of carbonyl (C=O) groups excluding carboxylic acids is 1. The molecule has 1 atom stereocenters. The van der Waals surface area contributed by atoms with Crippen LogP contribution < -0.4 is 21.3 Å². The standard InChI is InChI=1S/C27H36N4O5S/c1-7-8-11-36-21-18-12-16(24-29-19(14-37-24)23(28)32)9-10-17(18)25(33)31(13-15(2)3)20(21)22(27(4,5)6)30-26(34)35/h9-10,12,14-15,22,30H,7-8,11,13H2,1-6H3,(H2,28,32)(H,34,35). The summed E-state index contributed by atoms with van der Waals surface area (Å²) in [7, 11) is 0. The van der Waals surface area contributed by atoms with Crippen LogP contribution in [0.5, 0.6) is 5.75 Å². The molecule has 2 amide bonds. The summed E-state index contributed by atoms with van der Waals surface area (Å²) in [5.74, 6) is -0.00550. The van der Waals surface area contributed by atoms with Crippen LogP contribution in [0.4, 0.5) is 4.79 Å². The maximum atomic E-state index is 13.9. The number of hydrogen-bond acceptors (Lipinski definition) is 6. The number of aromatic nitrogens is 2. The smallest absolute Gasteiger partial charge is 0.405 e. The first-order valence-corrected chi connectivity index (χ1v) is 13.3. The molecule has 0 aliphatic rings. The molecule has 37 heavy (non-hydrogen) atoms. The van der Waals surface area contributed by atoms with E-state index in [1.165, 1.54) is 11.3 Å². The van der Waals surface area contributed by atoms with Crippen molar-refractivity contribution >= 4 is 34.1 Å². The Balaban J connectivity index is 2.42. The Hall–Kier alpha value is -3.40. The quantitative estimate of drug-likeness (QED) is 0.301. The van der Waals surface area contributed by atoms with Gasteiger partial charge in [0.15, 0.2) is 0 Å². The minimum Gasteiger partial charge on any atom is -0.491 e. The first-order chi connectivity index (χ1) is 17.3. The van der Waals surface area contributed by atoms with E-state index in [4.69, 9.17) is 10.5 Å². The summed E-state index contributed by atoms with van der Waals surface area (Å²) in [6.45, 7) is 12.7. The highest BCUT2D eigenvalue weighted by molar-refractivity contribution is 7.13. The van der Waals surface area contributed by atoms with Crippen molar-refractivity contribution in [2.45, 2.75) is 67.0 Å². The fourth-order valence-electron chi connectivity index (χ4n) is 4.21. The molecule has 200 valence electrons. The van der Waals surface area contributed by atoms with Gasteiger partial charge in [0.2, 0.25) is 0 Å². The Morgan fingerprint density at radius 2 is 1.95 bits per heavy atom. The molecule has 0 radical (unpaired) electrons. The van der Waals surface area contributed by atoms with Crippen LogP contribution in [-0.4, -0.2) is 33.3 Å². The van der Waals surface area contributed by atoms with Crippen LogP contribution >= 0.6 is 11.3 Å². The third-order valence-corrected chi connectivity index (χ3v) is 6.86. The lowest BCUT2D eigenvalue weighted by molar-refractivity contribution is 0.0996. The molecular formula is C27H36N4O5S. The van der Waals surface area contributed by atoms with Crippen LogP contribution in [0.2, 0.25) is 0 Å². The number of nitrogens with one attached hydrogen (secondary N) is 1. The molecule has 1 unspecified atom stereocenters. The fourth-order valence-corrected chi connectivity index (χ4v) is 5.01. The molecular weight excluding hydrogens is 492 g/mol. The first-order valence-electron chi connectivity index (χ1n) is 12.4. The number of carbonyl (C=O) groups is 2. The number of nitrogens with two attached hydrogens (primary N) is 1. The number of amides is 2. The zero-order valence-corrected chi connectivity index (χ0v) is 23.1. The van der Waals surface area contributed by atoms with Gasteiger partial charge in [-0.2, -0.15) is 0 Å². The fraction of sp³-hybridized carbons (Fsp3) is 0.481. The van der Waals surface area contributed by atoms with Gasteiger partial charge in [-0.3, -0.25) is 9.59 Å². The first kappa shape index (κ1) is 28.2. The van der Waals surface area contributed by atoms with E-state index in [9.17, 15) is 19.5 Å². The van der Waals surface area contributed by atoms with Gasteiger partial charge in [-0.15, -0.1) is 11.3 Å². The molecule has 4 N–H and O–H groups in total. The molecule has 3 aromatic rings. The van der Waals surface area contributed by atoms with Gasteiger partial charge in [-0.1, -0.05) is 54.0 Å². The molecule has 0 fully saturated rings. The largest absolute Gasteiger partial charge is 0.491 e. The minimum absolute atomic E-state index is 0.129. The number of primary amides is 1. The van der Waals surface area contributed by atoms with Gasteiger partial charge in [-0.25, -0.2) is 9.78 Å². The van der Waals surface area contributed by atoms with Crippen molar-refractivity contribution in [3.63, 3.8) is 0 Å². The molecule has 10 heteroatoms. The zero-order valence-electron chi connectivity index (χ0n) is 22.3. The Bertz CT molecular complexity index is 1350. The maximum absolute atomic E-state index is 13.9. The van der Waals surface area contributed by atoms with Crippen molar-refractivity contribution < 1.29 is 19.4 Å². The number of benzene rings is 1. The summed E-state index contributed by atoms with van der Waals surface area (Å²) in [6.07, 6.45) is 0.527. The molecule has 0 aliphatic heterocycles. The van der Waals surface area contributed by atoms with E-state index in [1.807, 2.05) is 40.7 Å². The molecule has 1 aromatic carbocycles. The number of unbranched alkanes of at least 4 members (excludes halogenated alkanes) is 1. The Morgan fingerprint density at radius 3 is 2.49 bits per heavy atom. The maximum Gasteiger partial charge on any atom is 0.405 e. The van der Waals surface area contributed by atoms with Crippen molar-refractivity contribution in [2.24, 2.45) is 17.1 Å². The second-order valence-electron chi connectivity index (χ2n) is 10.6. The average molecular weight is 529 g/mol. The number of carboxylic acid groups (broad SMARTS) is 1. The predicted molar refractivity (Wildman–Crippen MR) is 146 cm³/mol. The lowest BCUT2D eigenvalue weighted by Gasteiger charge is -2.34. The van der Waals surface area contributed by atoms with Gasteiger partial charge in [-0.05, 0) is 29.9 Å². The van der Waals surface area contributed by atoms with Gasteiger partial charge >= 0.3 is 6.09 Å². The van der Waals surface area contributed by atoms with E-state index in [1.54, 1.807) is 22.1 Å². The second kappa shape index (κ2) is 11.3. The van der Waals surface area contributed by atoms with E-state index in [0.717, 1.165) is 12.8 Å². The Kier molecular flexibility index (Phi) is 8.63. The third-order valence-electron chi connectivity index (χ3n) is 5.97. The summed E-state index contributed by atoms with van der Waals surface area (Å²) in [6, 6.07) is 4.63. The molecule has 3 rings (SSSR count). The molecule has 0 saturated heterocycles. The van der Waals surface area contributed by atoms with Crippen molar-refractivity contribution in [2.75, 3.05) is 6.61 Å². The van der Waals surface area contributed by atoms with Crippen molar-refractivity contribution in [1.29, 1.82) is 0 Å². The zero-order chi connectivity index (χ0) is 27.5. The lowest BCUT2D eigenvalue weighted by atomic mass is 9.83. The summed E-state index contributed by atoms with van der Waals surface area (Å²) in [4.78, 5) is 41.7. The summed E-state index contributed by atoms with van der Waals surface area (Å²) in [5, 5.41) is 15.6. The van der Waals surface area contributed by atoms with E-state index < -0.39 is 23.5 Å². The van der Waals surface area contributed by atoms with Crippen LogP contribution in [0.1, 0.15) is 76.6 Å². The minimum atomic E-state index is -1.18. The number of pyridine rings is 1. The normalized spacial score (nSPS) is 12.6. The van der Waals surface area contributed by atoms with Crippen LogP contribution in [0, 0.1) is 11.3 Å². The van der Waals surface area contributed by atoms with Crippen molar-refractivity contribution in [3.8, 4) is 16.3 Å². The number of ether oxygens (including phenoxy) is 1. The second-order valence-corrected chi connectivity index (χ2v) is 11.5. The highest BCUT2D eigenvalue weighted by Gasteiger charge is 2.35. The summed E-state index contributed by atoms with van der Waals surface area (Å²) >= 11 is 1.28. The van der Waals surface area contributed by atoms with E-state index in [0.29, 0.717) is 45.9 Å². The SMILES string of the molecule is CCCCOc1c(C(NC(=O)O)C(C)(C)C)n(CC(C)C)c(=O)c2ccc(-c3nc(C(N)=O)cs3)cc12. The van der Waals surface area contributed by atoms with Gasteiger partial charge in [0, 0.05) is 22.9 Å². The molecule has 2 aromatic heterocycles. The highest BCUT2D eigenvalue weighted by atomic mass is 32.1. The van der Waals surface area contributed by atoms with Gasteiger partial charge in [0.1, 0.15) is 16.5 Å². The van der Waals surface area contributed by atoms with Gasteiger partial charge in [0.05, 0.1) is 23.7 Å². The van der Waals surface area contributed by atoms with E-state index in [-0.39, 0.29) is 17.2 Å². The number of nitrogens with zero attached hydrogens (tertiary/aromatic N) is 2. The van der Waals surface area contributed by atoms with Gasteiger partial charge < -0.3 is 25.5 Å². The van der Waals surface area contributed by atoms with Crippen LogP contribution in [0.15, 0.2) is 28.4 Å². The van der Waals surface area contributed by atoms with Crippen LogP contribution in [0.25, 0.3) is 21.3 Å². The number of fused-ring (bicyclic) bond motifs is 1. The summed E-state index contributed by atoms with van der Waals surface area (Å²) in [5.41, 5.74) is 5.98. The number of thiazole rings is 1. The molecule has 0 spiro atoms. The number of hydrogen-bond donors (Lipinski definition) is 3. The molecule has 0 aliphatic carbocycles. The van der Waals surface area contributed by atoms with Crippen molar-refractivity contribution in [3.05, 3.63) is 45.3 Å². The van der Waals surface area contributed by atoms with Crippen molar-refractivity contribution in [1.82, 2.24) is 14.9 Å². The Labute approximate surface area is 220 Å². The molecule has 0 saturated carbocycles. The average Bonchev–Trinajstić information content (AvgIpc) is 3.30. The van der Waals surface area contributed by atoms with Gasteiger partial charge in [0.25, 0.3) is 11.5 Å². The van der Waals surface area contributed by atoms with Crippen LogP contribution in [0.3, 0.4) is 0 Å². The van der Waals surface area contributed by atoms with Crippen LogP contribution in [-0.2, 0) is 6.54 Å². The monoisotopic (exact) mass is 528 g/mol. The van der Waals surface area contributed by atoms with E-state index >= 15 is 0 Å². The third kappa shape index (κ3) is 6.30. The molecule has 2 heterocycles. The molecule has 9 nitrogen and oxygen atoms in total. The van der Waals surface area contributed by atoms with E-state index in [2.05, 4.69) is 17.2 Å². The Morgan fingerprint density at radius 1 is 1.24 bits per heavy atom. The molecule has 0 bridgehead atoms. The number of rotatable bonds is 10. The topological polar surface area (TPSA) is 137 Å². The highest BCUT2D eigenvalue weighted by Crippen LogP contribution is 2.41. The lowest BCUT2D eigenvalue weighted by Crippen LogP contribution is -2.40. The predicted octanol–water partition coefficient (Wildman–Crippen LogP) is 5.41.